The summed E-state index contributed by atoms with van der Waals surface area (Å²) in [6.07, 6.45) is 2.81. The highest BCUT2D eigenvalue weighted by molar-refractivity contribution is 5.93. The van der Waals surface area contributed by atoms with Gasteiger partial charge in [-0.3, -0.25) is 9.36 Å². The van der Waals surface area contributed by atoms with Crippen molar-refractivity contribution in [3.05, 3.63) is 108 Å². The van der Waals surface area contributed by atoms with Crippen LogP contribution in [-0.4, -0.2) is 53.1 Å². The van der Waals surface area contributed by atoms with Crippen LogP contribution in [0.15, 0.2) is 97.2 Å². The number of ether oxygens (including phenoxy) is 1. The van der Waals surface area contributed by atoms with Gasteiger partial charge in [0.2, 0.25) is 0 Å². The van der Waals surface area contributed by atoms with E-state index in [0.29, 0.717) is 25.4 Å². The first-order chi connectivity index (χ1) is 19.6. The molecule has 0 atom stereocenters. The van der Waals surface area contributed by atoms with Crippen molar-refractivity contribution in [2.24, 2.45) is 0 Å². The smallest absolute Gasteiger partial charge is 0.274 e. The molecule has 1 fully saturated rings. The third-order valence-corrected chi connectivity index (χ3v) is 7.47. The molecule has 6 heteroatoms. The Morgan fingerprint density at radius 2 is 1.60 bits per heavy atom. The van der Waals surface area contributed by atoms with E-state index >= 15 is 0 Å². The number of fused-ring (bicyclic) bond motifs is 1. The summed E-state index contributed by atoms with van der Waals surface area (Å²) < 4.78 is 7.89. The van der Waals surface area contributed by atoms with Crippen LogP contribution < -0.4 is 9.64 Å². The Morgan fingerprint density at radius 3 is 2.38 bits per heavy atom. The van der Waals surface area contributed by atoms with Crippen LogP contribution in [0.4, 0.5) is 5.69 Å². The molecular formula is C34H34N4O2. The summed E-state index contributed by atoms with van der Waals surface area (Å²) in [5.74, 6) is 1.51. The van der Waals surface area contributed by atoms with Crippen LogP contribution in [-0.2, 0) is 0 Å². The van der Waals surface area contributed by atoms with Gasteiger partial charge in [0.05, 0.1) is 12.3 Å². The van der Waals surface area contributed by atoms with E-state index in [1.54, 1.807) is 0 Å². The molecule has 0 N–H and O–H groups in total. The summed E-state index contributed by atoms with van der Waals surface area (Å²) in [7, 11) is 0. The number of hydrogen-bond acceptors (Lipinski definition) is 4. The van der Waals surface area contributed by atoms with Gasteiger partial charge in [0.15, 0.2) is 0 Å². The summed E-state index contributed by atoms with van der Waals surface area (Å²) in [5.41, 5.74) is 4.71. The van der Waals surface area contributed by atoms with Crippen molar-refractivity contribution >= 4 is 22.4 Å². The molecule has 1 amide bonds. The molecule has 1 aromatic heterocycles. The Labute approximate surface area is 235 Å². The molecule has 0 saturated carbocycles. The number of aryl methyl sites for hydroxylation is 1. The number of aromatic nitrogens is 2. The Hall–Kier alpha value is -4.58. The number of anilines is 1. The average molecular weight is 531 g/mol. The molecule has 0 bridgehead atoms. The number of nitrogens with zero attached hydrogens (tertiary/aromatic N) is 4. The highest BCUT2D eigenvalue weighted by Crippen LogP contribution is 2.27. The Balaban J connectivity index is 1.25. The van der Waals surface area contributed by atoms with Gasteiger partial charge in [0.25, 0.3) is 5.91 Å². The highest BCUT2D eigenvalue weighted by atomic mass is 16.5. The second kappa shape index (κ2) is 11.3. The van der Waals surface area contributed by atoms with Gasteiger partial charge in [-0.15, -0.1) is 0 Å². The van der Waals surface area contributed by atoms with Crippen LogP contribution in [0, 0.1) is 6.92 Å². The van der Waals surface area contributed by atoms with Gasteiger partial charge < -0.3 is 14.5 Å². The van der Waals surface area contributed by atoms with Crippen LogP contribution in [0.25, 0.3) is 27.8 Å². The van der Waals surface area contributed by atoms with Crippen LogP contribution >= 0.6 is 0 Å². The fourth-order valence-corrected chi connectivity index (χ4v) is 5.23. The zero-order chi connectivity index (χ0) is 27.5. The second-order valence-electron chi connectivity index (χ2n) is 10.3. The lowest BCUT2D eigenvalue weighted by molar-refractivity contribution is 0.0741. The molecule has 1 saturated heterocycles. The van der Waals surface area contributed by atoms with Crippen molar-refractivity contribution in [1.82, 2.24) is 14.5 Å². The fourth-order valence-electron chi connectivity index (χ4n) is 5.23. The van der Waals surface area contributed by atoms with Crippen molar-refractivity contribution in [2.75, 3.05) is 37.7 Å². The highest BCUT2D eigenvalue weighted by Gasteiger charge is 2.26. The van der Waals surface area contributed by atoms with E-state index in [2.05, 4.69) is 85.5 Å². The summed E-state index contributed by atoms with van der Waals surface area (Å²) in [5, 5.41) is 2.47. The largest absolute Gasteiger partial charge is 0.494 e. The van der Waals surface area contributed by atoms with Gasteiger partial charge in [-0.25, -0.2) is 4.98 Å². The summed E-state index contributed by atoms with van der Waals surface area (Å²) in [6, 6.07) is 31.2. The molecular weight excluding hydrogens is 496 g/mol. The zero-order valence-corrected chi connectivity index (χ0v) is 23.1. The third kappa shape index (κ3) is 5.30. The van der Waals surface area contributed by atoms with Crippen LogP contribution in [0.1, 0.15) is 29.4 Å². The van der Waals surface area contributed by atoms with E-state index < -0.39 is 0 Å². The quantitative estimate of drug-likeness (QED) is 0.234. The standard InChI is InChI=1S/C34H34N4O2/c1-3-21-40-31-10-6-9-30(23-31)38-24-32(35-33(38)27-13-11-25(2)12-14-27)34(39)37-19-17-36(18-20-37)29-16-15-26-7-4-5-8-28(26)22-29/h4-16,22-24H,3,17-21H2,1-2H3. The lowest BCUT2D eigenvalue weighted by atomic mass is 10.1. The van der Waals surface area contributed by atoms with Gasteiger partial charge in [-0.2, -0.15) is 0 Å². The second-order valence-corrected chi connectivity index (χ2v) is 10.3. The molecule has 202 valence electrons. The molecule has 5 aromatic rings. The van der Waals surface area contributed by atoms with Gasteiger partial charge in [0, 0.05) is 49.7 Å². The minimum atomic E-state index is -0.0383. The molecule has 0 unspecified atom stereocenters. The van der Waals surface area contributed by atoms with Crippen LogP contribution in [0.3, 0.4) is 0 Å². The summed E-state index contributed by atoms with van der Waals surface area (Å²) in [6.45, 7) is 7.69. The van der Waals surface area contributed by atoms with Gasteiger partial charge in [-0.05, 0) is 48.4 Å². The molecule has 1 aliphatic heterocycles. The maximum absolute atomic E-state index is 13.7. The molecule has 0 spiro atoms. The SMILES string of the molecule is CCCOc1cccc(-n2cc(C(=O)N3CCN(c4ccc5ccccc5c4)CC3)nc2-c2ccc(C)cc2)c1. The number of carbonyl (C=O) groups is 1. The van der Waals surface area contributed by atoms with Gasteiger partial charge in [0.1, 0.15) is 17.3 Å². The molecule has 2 heterocycles. The Morgan fingerprint density at radius 1 is 0.825 bits per heavy atom. The maximum atomic E-state index is 13.7. The third-order valence-electron chi connectivity index (χ3n) is 7.47. The molecule has 4 aromatic carbocycles. The van der Waals surface area contributed by atoms with Gasteiger partial charge >= 0.3 is 0 Å². The fraction of sp³-hybridized carbons (Fsp3) is 0.235. The van der Waals surface area contributed by atoms with E-state index in [0.717, 1.165) is 42.3 Å². The number of carbonyl (C=O) groups excluding carboxylic acids is 1. The predicted molar refractivity (Wildman–Crippen MR) is 162 cm³/mol. The molecule has 6 rings (SSSR count). The van der Waals surface area contributed by atoms with Crippen molar-refractivity contribution in [3.8, 4) is 22.8 Å². The molecule has 40 heavy (non-hydrogen) atoms. The normalized spacial score (nSPS) is 13.6. The minimum Gasteiger partial charge on any atom is -0.494 e. The van der Waals surface area contributed by atoms with Crippen molar-refractivity contribution in [3.63, 3.8) is 0 Å². The lowest BCUT2D eigenvalue weighted by Crippen LogP contribution is -2.48. The van der Waals surface area contributed by atoms with E-state index in [-0.39, 0.29) is 5.91 Å². The molecule has 0 aliphatic carbocycles. The van der Waals surface area contributed by atoms with E-state index in [9.17, 15) is 4.79 Å². The minimum absolute atomic E-state index is 0.0383. The molecule has 1 aliphatic rings. The Bertz CT molecular complexity index is 1630. The van der Waals surface area contributed by atoms with Crippen LogP contribution in [0.2, 0.25) is 0 Å². The van der Waals surface area contributed by atoms with E-state index in [4.69, 9.17) is 9.72 Å². The average Bonchev–Trinajstić information content (AvgIpc) is 3.46. The first-order valence-electron chi connectivity index (χ1n) is 14.0. The first-order valence-corrected chi connectivity index (χ1v) is 14.0. The monoisotopic (exact) mass is 530 g/mol. The predicted octanol–water partition coefficient (Wildman–Crippen LogP) is 6.75. The van der Waals surface area contributed by atoms with Crippen LogP contribution in [0.5, 0.6) is 5.75 Å². The summed E-state index contributed by atoms with van der Waals surface area (Å²) in [4.78, 5) is 22.9. The van der Waals surface area contributed by atoms with E-state index in [1.165, 1.54) is 22.0 Å². The Kier molecular flexibility index (Phi) is 7.23. The number of hydrogen-bond donors (Lipinski definition) is 0. The topological polar surface area (TPSA) is 50.6 Å². The zero-order valence-electron chi connectivity index (χ0n) is 23.1. The van der Waals surface area contributed by atoms with Gasteiger partial charge in [-0.1, -0.05) is 73.2 Å². The molecule has 0 radical (unpaired) electrons. The number of piperazine rings is 1. The lowest BCUT2D eigenvalue weighted by Gasteiger charge is -2.36. The van der Waals surface area contributed by atoms with Crippen molar-refractivity contribution < 1.29 is 9.53 Å². The number of benzene rings is 4. The number of imidazole rings is 1. The first kappa shape index (κ1) is 25.7. The maximum Gasteiger partial charge on any atom is 0.274 e. The van der Waals surface area contributed by atoms with Crippen molar-refractivity contribution in [2.45, 2.75) is 20.3 Å². The number of rotatable bonds is 7. The van der Waals surface area contributed by atoms with Crippen molar-refractivity contribution in [1.29, 1.82) is 0 Å². The van der Waals surface area contributed by atoms with E-state index in [1.807, 2.05) is 39.9 Å². The molecule has 6 nitrogen and oxygen atoms in total. The number of amides is 1. The summed E-state index contributed by atoms with van der Waals surface area (Å²) >= 11 is 0.